The fourth-order valence-electron chi connectivity index (χ4n) is 2.98. The minimum absolute atomic E-state index is 0.115. The monoisotopic (exact) mass is 321 g/mol. The maximum Gasteiger partial charge on any atom is 0.126 e. The highest BCUT2D eigenvalue weighted by molar-refractivity contribution is 5.56. The van der Waals surface area contributed by atoms with Crippen LogP contribution in [0, 0.1) is 0 Å². The number of rotatable bonds is 4. The van der Waals surface area contributed by atoms with Crippen LogP contribution in [-0.4, -0.2) is 44.6 Å². The molecule has 0 bridgehead atoms. The molecule has 1 aliphatic rings. The van der Waals surface area contributed by atoms with Crippen LogP contribution in [0.2, 0.25) is 0 Å². The van der Waals surface area contributed by atoms with E-state index in [1.165, 1.54) is 5.56 Å². The SMILES string of the molecule is c1cncc(CN2CCOCC2c2ncc(-c3cccnc3)[nH]2)c1. The van der Waals surface area contributed by atoms with Crippen molar-refractivity contribution in [2.75, 3.05) is 19.8 Å². The second-order valence-corrected chi connectivity index (χ2v) is 5.85. The van der Waals surface area contributed by atoms with Crippen molar-refractivity contribution >= 4 is 0 Å². The highest BCUT2D eigenvalue weighted by Crippen LogP contribution is 2.26. The Morgan fingerprint density at radius 1 is 1.12 bits per heavy atom. The minimum atomic E-state index is 0.115. The molecule has 1 saturated heterocycles. The van der Waals surface area contributed by atoms with Crippen molar-refractivity contribution in [1.29, 1.82) is 0 Å². The van der Waals surface area contributed by atoms with Crippen LogP contribution in [-0.2, 0) is 11.3 Å². The first kappa shape index (κ1) is 15.0. The average Bonchev–Trinajstić information content (AvgIpc) is 3.14. The van der Waals surface area contributed by atoms with Gasteiger partial charge in [0.05, 0.1) is 31.1 Å². The van der Waals surface area contributed by atoms with Crippen LogP contribution in [0.4, 0.5) is 0 Å². The van der Waals surface area contributed by atoms with E-state index in [1.54, 1.807) is 12.4 Å². The van der Waals surface area contributed by atoms with Crippen molar-refractivity contribution < 1.29 is 4.74 Å². The number of H-pyrrole nitrogens is 1. The lowest BCUT2D eigenvalue weighted by Gasteiger charge is -2.34. The van der Waals surface area contributed by atoms with Gasteiger partial charge in [-0.1, -0.05) is 6.07 Å². The van der Waals surface area contributed by atoms with Gasteiger partial charge in [-0.15, -0.1) is 0 Å². The maximum atomic E-state index is 5.69. The maximum absolute atomic E-state index is 5.69. The summed E-state index contributed by atoms with van der Waals surface area (Å²) in [6, 6.07) is 8.13. The molecule has 0 aliphatic carbocycles. The zero-order chi connectivity index (χ0) is 16.2. The van der Waals surface area contributed by atoms with Crippen LogP contribution in [0.5, 0.6) is 0 Å². The van der Waals surface area contributed by atoms with Gasteiger partial charge in [-0.2, -0.15) is 0 Å². The van der Waals surface area contributed by atoms with Crippen LogP contribution in [0.3, 0.4) is 0 Å². The predicted molar refractivity (Wildman–Crippen MR) is 90.0 cm³/mol. The van der Waals surface area contributed by atoms with Gasteiger partial charge in [0.15, 0.2) is 0 Å². The number of nitrogens with one attached hydrogen (secondary N) is 1. The Balaban J connectivity index is 1.56. The molecule has 4 rings (SSSR count). The van der Waals surface area contributed by atoms with Gasteiger partial charge in [0, 0.05) is 43.4 Å². The molecule has 0 saturated carbocycles. The van der Waals surface area contributed by atoms with Crippen LogP contribution < -0.4 is 0 Å². The zero-order valence-corrected chi connectivity index (χ0v) is 13.3. The topological polar surface area (TPSA) is 66.9 Å². The number of pyridine rings is 2. The van der Waals surface area contributed by atoms with Crippen molar-refractivity contribution in [3.8, 4) is 11.3 Å². The second kappa shape index (κ2) is 6.90. The molecule has 1 N–H and O–H groups in total. The highest BCUT2D eigenvalue weighted by Gasteiger charge is 2.27. The van der Waals surface area contributed by atoms with E-state index in [0.29, 0.717) is 6.61 Å². The molecule has 0 aromatic carbocycles. The zero-order valence-electron chi connectivity index (χ0n) is 13.3. The summed E-state index contributed by atoms with van der Waals surface area (Å²) in [5.41, 5.74) is 3.21. The first-order chi connectivity index (χ1) is 11.9. The quantitative estimate of drug-likeness (QED) is 0.799. The van der Waals surface area contributed by atoms with Crippen LogP contribution >= 0.6 is 0 Å². The first-order valence-electron chi connectivity index (χ1n) is 8.06. The number of aromatic nitrogens is 4. The van der Waals surface area contributed by atoms with Crippen molar-refractivity contribution in [2.45, 2.75) is 12.6 Å². The molecule has 3 aromatic rings. The Bertz CT molecular complexity index is 774. The van der Waals surface area contributed by atoms with Crippen LogP contribution in [0.25, 0.3) is 11.3 Å². The van der Waals surface area contributed by atoms with Gasteiger partial charge in [-0.3, -0.25) is 14.9 Å². The summed E-state index contributed by atoms with van der Waals surface area (Å²) < 4.78 is 5.69. The molecule has 0 spiro atoms. The van der Waals surface area contributed by atoms with E-state index in [1.807, 2.05) is 36.8 Å². The first-order valence-corrected chi connectivity index (χ1v) is 8.06. The molecule has 4 heterocycles. The fraction of sp³-hybridized carbons (Fsp3) is 0.278. The van der Waals surface area contributed by atoms with Gasteiger partial charge < -0.3 is 9.72 Å². The van der Waals surface area contributed by atoms with E-state index in [4.69, 9.17) is 4.74 Å². The van der Waals surface area contributed by atoms with Crippen molar-refractivity contribution in [2.24, 2.45) is 0 Å². The average molecular weight is 321 g/mol. The van der Waals surface area contributed by atoms with Crippen molar-refractivity contribution in [1.82, 2.24) is 24.8 Å². The Labute approximate surface area is 140 Å². The molecule has 1 fully saturated rings. The fourth-order valence-corrected chi connectivity index (χ4v) is 2.98. The van der Waals surface area contributed by atoms with Crippen molar-refractivity contribution in [3.05, 3.63) is 66.6 Å². The van der Waals surface area contributed by atoms with Gasteiger partial charge in [0.1, 0.15) is 5.82 Å². The summed E-state index contributed by atoms with van der Waals surface area (Å²) >= 11 is 0. The van der Waals surface area contributed by atoms with Crippen molar-refractivity contribution in [3.63, 3.8) is 0 Å². The standard InChI is InChI=1S/C18H19N5O/c1-3-14(9-19-5-1)12-23-7-8-24-13-17(23)18-21-11-16(22-18)15-4-2-6-20-10-15/h1-6,9-11,17H,7-8,12-13H2,(H,21,22). The summed E-state index contributed by atoms with van der Waals surface area (Å²) in [7, 11) is 0. The molecule has 1 unspecified atom stereocenters. The van der Waals surface area contributed by atoms with Gasteiger partial charge in [-0.25, -0.2) is 4.98 Å². The lowest BCUT2D eigenvalue weighted by atomic mass is 10.1. The molecule has 1 atom stereocenters. The van der Waals surface area contributed by atoms with E-state index in [2.05, 4.69) is 30.9 Å². The van der Waals surface area contributed by atoms with Crippen LogP contribution in [0.1, 0.15) is 17.4 Å². The number of aromatic amines is 1. The number of imidazole rings is 1. The minimum Gasteiger partial charge on any atom is -0.378 e. The summed E-state index contributed by atoms with van der Waals surface area (Å²) in [4.78, 5) is 18.8. The van der Waals surface area contributed by atoms with Gasteiger partial charge in [0.2, 0.25) is 0 Å². The molecule has 122 valence electrons. The third-order valence-corrected chi connectivity index (χ3v) is 4.23. The number of ether oxygens (including phenoxy) is 1. The Morgan fingerprint density at radius 2 is 2.00 bits per heavy atom. The molecule has 1 aliphatic heterocycles. The molecule has 3 aromatic heterocycles. The number of hydrogen-bond acceptors (Lipinski definition) is 5. The molecule has 0 radical (unpaired) electrons. The van der Waals surface area contributed by atoms with Crippen LogP contribution in [0.15, 0.2) is 55.2 Å². The highest BCUT2D eigenvalue weighted by atomic mass is 16.5. The molecule has 24 heavy (non-hydrogen) atoms. The third-order valence-electron chi connectivity index (χ3n) is 4.23. The third kappa shape index (κ3) is 3.20. The van der Waals surface area contributed by atoms with Gasteiger partial charge in [-0.05, 0) is 23.8 Å². The smallest absolute Gasteiger partial charge is 0.126 e. The molecule has 6 heteroatoms. The molecular formula is C18H19N5O. The summed E-state index contributed by atoms with van der Waals surface area (Å²) in [5.74, 6) is 0.928. The number of morpholine rings is 1. The lowest BCUT2D eigenvalue weighted by Crippen LogP contribution is -2.39. The van der Waals surface area contributed by atoms with E-state index >= 15 is 0 Å². The molecule has 0 amide bonds. The largest absolute Gasteiger partial charge is 0.378 e. The summed E-state index contributed by atoms with van der Waals surface area (Å²) in [6.45, 7) is 3.10. The van der Waals surface area contributed by atoms with Gasteiger partial charge in [0.25, 0.3) is 0 Å². The molecule has 6 nitrogen and oxygen atoms in total. The summed E-state index contributed by atoms with van der Waals surface area (Å²) in [6.07, 6.45) is 9.18. The Kier molecular flexibility index (Phi) is 4.31. The van der Waals surface area contributed by atoms with Gasteiger partial charge >= 0.3 is 0 Å². The number of hydrogen-bond donors (Lipinski definition) is 1. The normalized spacial score (nSPS) is 18.6. The molecular weight excluding hydrogens is 302 g/mol. The predicted octanol–water partition coefficient (Wildman–Crippen LogP) is 2.44. The second-order valence-electron chi connectivity index (χ2n) is 5.85. The Hall–Kier alpha value is -2.57. The number of nitrogens with zero attached hydrogens (tertiary/aromatic N) is 4. The lowest BCUT2D eigenvalue weighted by molar-refractivity contribution is -0.0156. The van der Waals surface area contributed by atoms with E-state index in [9.17, 15) is 0 Å². The van der Waals surface area contributed by atoms with E-state index in [-0.39, 0.29) is 6.04 Å². The van der Waals surface area contributed by atoms with E-state index in [0.717, 1.165) is 36.8 Å². The summed E-state index contributed by atoms with van der Waals surface area (Å²) in [5, 5.41) is 0. The Morgan fingerprint density at radius 3 is 2.79 bits per heavy atom. The van der Waals surface area contributed by atoms with E-state index < -0.39 is 0 Å².